The average molecular weight is 200 g/mol. The Bertz CT molecular complexity index is 211. The van der Waals surface area contributed by atoms with E-state index in [1.807, 2.05) is 0 Å². The predicted octanol–water partition coefficient (Wildman–Crippen LogP) is 1.28. The van der Waals surface area contributed by atoms with Gasteiger partial charge in [0.25, 0.3) is 0 Å². The minimum atomic E-state index is -0.926. The van der Waals surface area contributed by atoms with Gasteiger partial charge in [0.1, 0.15) is 0 Å². The Morgan fingerprint density at radius 3 is 2.57 bits per heavy atom. The van der Waals surface area contributed by atoms with Crippen LogP contribution in [0.5, 0.6) is 0 Å². The van der Waals surface area contributed by atoms with Crippen LogP contribution in [0.3, 0.4) is 0 Å². The van der Waals surface area contributed by atoms with Crippen molar-refractivity contribution < 1.29 is 9.90 Å². The number of amides is 1. The Kier molecular flexibility index (Phi) is 3.37. The van der Waals surface area contributed by atoms with Crippen LogP contribution in [0.4, 0.5) is 4.79 Å². The molecule has 1 aliphatic rings. The molecule has 1 amide bonds. The van der Waals surface area contributed by atoms with Crippen LogP contribution < -0.4 is 10.6 Å². The van der Waals surface area contributed by atoms with Gasteiger partial charge in [-0.3, -0.25) is 0 Å². The van der Waals surface area contributed by atoms with E-state index in [2.05, 4.69) is 31.4 Å². The van der Waals surface area contributed by atoms with Gasteiger partial charge >= 0.3 is 6.09 Å². The molecule has 0 aromatic carbocycles. The van der Waals surface area contributed by atoms with Crippen molar-refractivity contribution >= 4 is 6.09 Å². The van der Waals surface area contributed by atoms with Crippen LogP contribution >= 0.6 is 0 Å². The van der Waals surface area contributed by atoms with Gasteiger partial charge in [-0.25, -0.2) is 4.79 Å². The summed E-state index contributed by atoms with van der Waals surface area (Å²) in [6.45, 7) is 8.21. The third-order valence-corrected chi connectivity index (χ3v) is 2.80. The lowest BCUT2D eigenvalue weighted by atomic mass is 9.73. The Labute approximate surface area is 85.1 Å². The van der Waals surface area contributed by atoms with Crippen LogP contribution in [-0.4, -0.2) is 30.3 Å². The zero-order valence-corrected chi connectivity index (χ0v) is 9.13. The first kappa shape index (κ1) is 11.3. The molecular weight excluding hydrogens is 180 g/mol. The average Bonchev–Trinajstić information content (AvgIpc) is 1.91. The first-order valence-electron chi connectivity index (χ1n) is 5.11. The summed E-state index contributed by atoms with van der Waals surface area (Å²) in [4.78, 5) is 10.2. The molecular formula is C10H20N2O2. The fourth-order valence-electron chi connectivity index (χ4n) is 2.05. The smallest absolute Gasteiger partial charge is 0.404 e. The molecule has 1 heterocycles. The van der Waals surface area contributed by atoms with E-state index in [1.54, 1.807) is 0 Å². The quantitative estimate of drug-likeness (QED) is 0.643. The lowest BCUT2D eigenvalue weighted by molar-refractivity contribution is 0.104. The molecule has 0 aromatic heterocycles. The number of carboxylic acid groups (broad SMARTS) is 1. The molecule has 0 radical (unpaired) electrons. The normalized spacial score (nSPS) is 26.8. The van der Waals surface area contributed by atoms with Gasteiger partial charge < -0.3 is 15.7 Å². The van der Waals surface area contributed by atoms with E-state index >= 15 is 0 Å². The molecule has 0 spiro atoms. The van der Waals surface area contributed by atoms with Crippen molar-refractivity contribution in [1.82, 2.24) is 10.6 Å². The van der Waals surface area contributed by atoms with Crippen LogP contribution in [0.2, 0.25) is 0 Å². The molecule has 3 N–H and O–H groups in total. The fourth-order valence-corrected chi connectivity index (χ4v) is 2.05. The molecule has 82 valence electrons. The lowest BCUT2D eigenvalue weighted by Crippen LogP contribution is -2.59. The summed E-state index contributed by atoms with van der Waals surface area (Å²) in [6.07, 6.45) is 0.00548. The molecule has 0 aromatic rings. The topological polar surface area (TPSA) is 61.4 Å². The third-order valence-electron chi connectivity index (χ3n) is 2.80. The van der Waals surface area contributed by atoms with Gasteiger partial charge in [-0.05, 0) is 24.3 Å². The highest BCUT2D eigenvalue weighted by molar-refractivity contribution is 5.64. The Hall–Kier alpha value is -0.770. The van der Waals surface area contributed by atoms with E-state index in [0.29, 0.717) is 18.5 Å². The molecule has 4 heteroatoms. The summed E-state index contributed by atoms with van der Waals surface area (Å²) in [7, 11) is 0. The van der Waals surface area contributed by atoms with Crippen LogP contribution in [0, 0.1) is 11.3 Å². The van der Waals surface area contributed by atoms with Gasteiger partial charge in [0.15, 0.2) is 0 Å². The molecule has 2 unspecified atom stereocenters. The molecule has 1 aliphatic heterocycles. The second-order valence-corrected chi connectivity index (χ2v) is 5.03. The van der Waals surface area contributed by atoms with E-state index < -0.39 is 6.09 Å². The van der Waals surface area contributed by atoms with Crippen LogP contribution in [0.1, 0.15) is 27.2 Å². The van der Waals surface area contributed by atoms with Crippen molar-refractivity contribution in [2.24, 2.45) is 11.3 Å². The molecule has 2 atom stereocenters. The minimum absolute atomic E-state index is 0.270. The van der Waals surface area contributed by atoms with Gasteiger partial charge in [0, 0.05) is 12.6 Å². The lowest BCUT2D eigenvalue weighted by Gasteiger charge is -2.46. The number of nitrogens with one attached hydrogen (secondary N) is 2. The first-order valence-corrected chi connectivity index (χ1v) is 5.11. The number of carbonyl (C=O) groups is 1. The second kappa shape index (κ2) is 4.17. The molecule has 1 rings (SSSR count). The van der Waals surface area contributed by atoms with E-state index in [0.717, 1.165) is 13.0 Å². The van der Waals surface area contributed by atoms with E-state index in [-0.39, 0.29) is 5.41 Å². The van der Waals surface area contributed by atoms with Crippen LogP contribution in [0.25, 0.3) is 0 Å². The van der Waals surface area contributed by atoms with E-state index in [4.69, 9.17) is 5.11 Å². The molecule has 0 aliphatic carbocycles. The van der Waals surface area contributed by atoms with E-state index in [1.165, 1.54) is 0 Å². The van der Waals surface area contributed by atoms with Crippen molar-refractivity contribution in [3.05, 3.63) is 0 Å². The van der Waals surface area contributed by atoms with Crippen molar-refractivity contribution in [3.8, 4) is 0 Å². The highest BCUT2D eigenvalue weighted by Gasteiger charge is 2.38. The van der Waals surface area contributed by atoms with Gasteiger partial charge in [-0.15, -0.1) is 0 Å². The predicted molar refractivity (Wildman–Crippen MR) is 55.4 cm³/mol. The zero-order valence-electron chi connectivity index (χ0n) is 9.13. The summed E-state index contributed by atoms with van der Waals surface area (Å²) < 4.78 is 0. The minimum Gasteiger partial charge on any atom is -0.465 e. The Balaban J connectivity index is 2.23. The summed E-state index contributed by atoms with van der Waals surface area (Å²) in [5.41, 5.74) is 0.270. The monoisotopic (exact) mass is 200 g/mol. The summed E-state index contributed by atoms with van der Waals surface area (Å²) in [5.74, 6) is 0.613. The number of hydrogen-bond acceptors (Lipinski definition) is 2. The maximum atomic E-state index is 10.2. The van der Waals surface area contributed by atoms with Crippen molar-refractivity contribution in [2.75, 3.05) is 13.1 Å². The largest absolute Gasteiger partial charge is 0.465 e. The Morgan fingerprint density at radius 1 is 1.57 bits per heavy atom. The molecule has 4 nitrogen and oxygen atoms in total. The number of hydrogen-bond donors (Lipinski definition) is 3. The zero-order chi connectivity index (χ0) is 10.8. The van der Waals surface area contributed by atoms with E-state index in [9.17, 15) is 4.79 Å². The van der Waals surface area contributed by atoms with Gasteiger partial charge in [0.05, 0.1) is 0 Å². The highest BCUT2D eigenvalue weighted by Crippen LogP contribution is 2.32. The summed E-state index contributed by atoms with van der Waals surface area (Å²) in [5, 5.41) is 14.2. The summed E-state index contributed by atoms with van der Waals surface area (Å²) >= 11 is 0. The standard InChI is InChI=1S/C10H20N2O2/c1-10(2,3)8-7(6-12-8)4-5-11-9(13)14/h7-8,11-12H,4-6H2,1-3H3,(H,13,14). The molecule has 0 saturated carbocycles. The first-order chi connectivity index (χ1) is 6.41. The highest BCUT2D eigenvalue weighted by atomic mass is 16.4. The van der Waals surface area contributed by atoms with Crippen molar-refractivity contribution in [2.45, 2.75) is 33.2 Å². The maximum absolute atomic E-state index is 10.2. The molecule has 0 bridgehead atoms. The fraction of sp³-hybridized carbons (Fsp3) is 0.900. The van der Waals surface area contributed by atoms with Crippen molar-refractivity contribution in [1.29, 1.82) is 0 Å². The molecule has 14 heavy (non-hydrogen) atoms. The van der Waals surface area contributed by atoms with Crippen LogP contribution in [0.15, 0.2) is 0 Å². The Morgan fingerprint density at radius 2 is 2.21 bits per heavy atom. The van der Waals surface area contributed by atoms with Gasteiger partial charge in [-0.2, -0.15) is 0 Å². The molecule has 1 saturated heterocycles. The third kappa shape index (κ3) is 2.87. The second-order valence-electron chi connectivity index (χ2n) is 5.03. The van der Waals surface area contributed by atoms with Gasteiger partial charge in [0.2, 0.25) is 0 Å². The molecule has 1 fully saturated rings. The van der Waals surface area contributed by atoms with Crippen LogP contribution in [-0.2, 0) is 0 Å². The van der Waals surface area contributed by atoms with Crippen molar-refractivity contribution in [3.63, 3.8) is 0 Å². The SMILES string of the molecule is CC(C)(C)C1NCC1CCNC(=O)O. The number of rotatable bonds is 3. The van der Waals surface area contributed by atoms with Gasteiger partial charge in [-0.1, -0.05) is 20.8 Å². The maximum Gasteiger partial charge on any atom is 0.404 e. The summed E-state index contributed by atoms with van der Waals surface area (Å²) in [6, 6.07) is 0.526.